The number of hydrogen-bond acceptors (Lipinski definition) is 5. The standard InChI is InChI=1S/C22H21FN4O2/c1-14(15-4-8-18(9-5-15)26-21(28)16-2-3-16)25-22-24-13-12-20(27-22)29-19-10-6-17(23)7-11-19/h4-14,16H,2-3H2,1H3,(H,26,28)(H,24,25,27). The second kappa shape index (κ2) is 8.26. The zero-order valence-electron chi connectivity index (χ0n) is 15.9. The number of halogens is 1. The van der Waals surface area contributed by atoms with Crippen LogP contribution < -0.4 is 15.4 Å². The van der Waals surface area contributed by atoms with E-state index in [0.717, 1.165) is 24.1 Å². The maximum atomic E-state index is 13.0. The molecule has 1 unspecified atom stereocenters. The Morgan fingerprint density at radius 3 is 2.52 bits per heavy atom. The predicted molar refractivity (Wildman–Crippen MR) is 108 cm³/mol. The molecule has 2 N–H and O–H groups in total. The van der Waals surface area contributed by atoms with Crippen LogP contribution in [0.3, 0.4) is 0 Å². The van der Waals surface area contributed by atoms with Crippen LogP contribution in [0.15, 0.2) is 60.8 Å². The molecule has 1 heterocycles. The van der Waals surface area contributed by atoms with Crippen molar-refractivity contribution in [3.05, 3.63) is 72.2 Å². The van der Waals surface area contributed by atoms with Crippen molar-refractivity contribution in [3.63, 3.8) is 0 Å². The molecule has 1 aromatic heterocycles. The molecule has 0 spiro atoms. The first kappa shape index (κ1) is 18.9. The topological polar surface area (TPSA) is 76.1 Å². The molecule has 1 saturated carbocycles. The Bertz CT molecular complexity index is 988. The number of aromatic nitrogens is 2. The quantitative estimate of drug-likeness (QED) is 0.596. The molecule has 6 nitrogen and oxygen atoms in total. The minimum Gasteiger partial charge on any atom is -0.439 e. The smallest absolute Gasteiger partial charge is 0.227 e. The number of hydrogen-bond donors (Lipinski definition) is 2. The van der Waals surface area contributed by atoms with Gasteiger partial charge in [0.05, 0.1) is 6.04 Å². The molecule has 29 heavy (non-hydrogen) atoms. The lowest BCUT2D eigenvalue weighted by Crippen LogP contribution is -2.13. The molecular weight excluding hydrogens is 371 g/mol. The van der Waals surface area contributed by atoms with E-state index in [1.165, 1.54) is 24.3 Å². The van der Waals surface area contributed by atoms with E-state index >= 15 is 0 Å². The number of nitrogens with one attached hydrogen (secondary N) is 2. The third-order valence-corrected chi connectivity index (χ3v) is 4.64. The van der Waals surface area contributed by atoms with Crippen molar-refractivity contribution in [1.82, 2.24) is 9.97 Å². The van der Waals surface area contributed by atoms with Crippen molar-refractivity contribution in [2.45, 2.75) is 25.8 Å². The van der Waals surface area contributed by atoms with Crippen LogP contribution in [0, 0.1) is 11.7 Å². The summed E-state index contributed by atoms with van der Waals surface area (Å²) in [6.45, 7) is 1.99. The van der Waals surface area contributed by atoms with Crippen LogP contribution in [0.4, 0.5) is 16.0 Å². The largest absolute Gasteiger partial charge is 0.439 e. The lowest BCUT2D eigenvalue weighted by molar-refractivity contribution is -0.117. The van der Waals surface area contributed by atoms with Crippen molar-refractivity contribution in [1.29, 1.82) is 0 Å². The van der Waals surface area contributed by atoms with E-state index in [1.54, 1.807) is 12.3 Å². The van der Waals surface area contributed by atoms with Gasteiger partial charge in [-0.3, -0.25) is 4.79 Å². The molecule has 1 amide bonds. The van der Waals surface area contributed by atoms with Gasteiger partial charge in [0, 0.05) is 23.9 Å². The maximum Gasteiger partial charge on any atom is 0.227 e. The highest BCUT2D eigenvalue weighted by Gasteiger charge is 2.29. The molecule has 1 aliphatic carbocycles. The zero-order chi connectivity index (χ0) is 20.2. The summed E-state index contributed by atoms with van der Waals surface area (Å²) in [6, 6.07) is 15.0. The Morgan fingerprint density at radius 1 is 1.10 bits per heavy atom. The second-order valence-corrected chi connectivity index (χ2v) is 7.03. The van der Waals surface area contributed by atoms with Crippen LogP contribution in [-0.2, 0) is 4.79 Å². The Morgan fingerprint density at radius 2 is 1.83 bits per heavy atom. The summed E-state index contributed by atoms with van der Waals surface area (Å²) in [4.78, 5) is 20.4. The molecular formula is C22H21FN4O2. The van der Waals surface area contributed by atoms with Crippen LogP contribution in [0.2, 0.25) is 0 Å². The summed E-state index contributed by atoms with van der Waals surface area (Å²) < 4.78 is 18.6. The summed E-state index contributed by atoms with van der Waals surface area (Å²) in [5, 5.41) is 6.16. The van der Waals surface area contributed by atoms with E-state index in [0.29, 0.717) is 17.6 Å². The van der Waals surface area contributed by atoms with Gasteiger partial charge < -0.3 is 15.4 Å². The van der Waals surface area contributed by atoms with Crippen molar-refractivity contribution in [2.24, 2.45) is 5.92 Å². The summed E-state index contributed by atoms with van der Waals surface area (Å²) in [5.41, 5.74) is 1.83. The molecule has 0 saturated heterocycles. The summed E-state index contributed by atoms with van der Waals surface area (Å²) in [5.74, 6) is 1.22. The Kier molecular flexibility index (Phi) is 5.37. The van der Waals surface area contributed by atoms with Gasteiger partial charge >= 0.3 is 0 Å². The summed E-state index contributed by atoms with van der Waals surface area (Å²) in [6.07, 6.45) is 3.56. The van der Waals surface area contributed by atoms with E-state index in [9.17, 15) is 9.18 Å². The van der Waals surface area contributed by atoms with Gasteiger partial charge in [0.1, 0.15) is 11.6 Å². The van der Waals surface area contributed by atoms with Gasteiger partial charge in [-0.25, -0.2) is 9.37 Å². The van der Waals surface area contributed by atoms with Crippen LogP contribution >= 0.6 is 0 Å². The average molecular weight is 392 g/mol. The number of benzene rings is 2. The fourth-order valence-electron chi connectivity index (χ4n) is 2.81. The maximum absolute atomic E-state index is 13.0. The number of anilines is 2. The Labute approximate surface area is 168 Å². The molecule has 3 aromatic rings. The number of amides is 1. The second-order valence-electron chi connectivity index (χ2n) is 7.03. The molecule has 7 heteroatoms. The highest BCUT2D eigenvalue weighted by atomic mass is 19.1. The predicted octanol–water partition coefficient (Wildman–Crippen LogP) is 4.93. The highest BCUT2D eigenvalue weighted by molar-refractivity contribution is 5.94. The summed E-state index contributed by atoms with van der Waals surface area (Å²) >= 11 is 0. The van der Waals surface area contributed by atoms with E-state index < -0.39 is 0 Å². The molecule has 0 radical (unpaired) electrons. The minimum absolute atomic E-state index is 0.0516. The van der Waals surface area contributed by atoms with Crippen LogP contribution in [-0.4, -0.2) is 15.9 Å². The van der Waals surface area contributed by atoms with Crippen molar-refractivity contribution < 1.29 is 13.9 Å². The first-order chi connectivity index (χ1) is 14.1. The molecule has 148 valence electrons. The third kappa shape index (κ3) is 5.07. The van der Waals surface area contributed by atoms with Gasteiger partial charge in [0.15, 0.2) is 0 Å². The molecule has 1 atom stereocenters. The zero-order valence-corrected chi connectivity index (χ0v) is 15.9. The van der Waals surface area contributed by atoms with Gasteiger partial charge in [0.2, 0.25) is 17.7 Å². The van der Waals surface area contributed by atoms with Gasteiger partial charge in [-0.2, -0.15) is 4.98 Å². The van der Waals surface area contributed by atoms with E-state index in [1.807, 2.05) is 31.2 Å². The van der Waals surface area contributed by atoms with Crippen molar-refractivity contribution in [3.8, 4) is 11.6 Å². The molecule has 1 aliphatic rings. The van der Waals surface area contributed by atoms with E-state index in [4.69, 9.17) is 4.74 Å². The van der Waals surface area contributed by atoms with Gasteiger partial charge in [-0.05, 0) is 61.7 Å². The molecule has 2 aromatic carbocycles. The molecule has 1 fully saturated rings. The van der Waals surface area contributed by atoms with Crippen LogP contribution in [0.1, 0.15) is 31.4 Å². The van der Waals surface area contributed by atoms with Gasteiger partial charge in [-0.1, -0.05) is 12.1 Å². The Balaban J connectivity index is 1.38. The van der Waals surface area contributed by atoms with Crippen LogP contribution in [0.25, 0.3) is 0 Å². The number of ether oxygens (including phenoxy) is 1. The monoisotopic (exact) mass is 392 g/mol. The molecule has 0 aliphatic heterocycles. The van der Waals surface area contributed by atoms with Gasteiger partial charge in [-0.15, -0.1) is 0 Å². The minimum atomic E-state index is -0.325. The SMILES string of the molecule is CC(Nc1nccc(Oc2ccc(F)cc2)n1)c1ccc(NC(=O)C2CC2)cc1. The van der Waals surface area contributed by atoms with Crippen molar-refractivity contribution in [2.75, 3.05) is 10.6 Å². The average Bonchev–Trinajstić information content (AvgIpc) is 3.56. The number of carbonyl (C=O) groups excluding carboxylic acids is 1. The number of carbonyl (C=O) groups is 1. The number of rotatable bonds is 7. The number of nitrogens with zero attached hydrogens (tertiary/aromatic N) is 2. The van der Waals surface area contributed by atoms with Crippen LogP contribution in [0.5, 0.6) is 11.6 Å². The van der Waals surface area contributed by atoms with Gasteiger partial charge in [0.25, 0.3) is 0 Å². The first-order valence-electron chi connectivity index (χ1n) is 9.50. The van der Waals surface area contributed by atoms with E-state index in [-0.39, 0.29) is 23.7 Å². The first-order valence-corrected chi connectivity index (χ1v) is 9.50. The normalized spacial score (nSPS) is 14.1. The fraction of sp³-hybridized carbons (Fsp3) is 0.227. The fourth-order valence-corrected chi connectivity index (χ4v) is 2.81. The van der Waals surface area contributed by atoms with E-state index in [2.05, 4.69) is 20.6 Å². The Hall–Kier alpha value is -3.48. The third-order valence-electron chi connectivity index (χ3n) is 4.64. The molecule has 4 rings (SSSR count). The van der Waals surface area contributed by atoms with Crippen molar-refractivity contribution >= 4 is 17.5 Å². The lowest BCUT2D eigenvalue weighted by Gasteiger charge is -2.15. The molecule has 0 bridgehead atoms. The summed E-state index contributed by atoms with van der Waals surface area (Å²) in [7, 11) is 0. The lowest BCUT2D eigenvalue weighted by atomic mass is 10.1. The highest BCUT2D eigenvalue weighted by Crippen LogP contribution is 2.30.